The fraction of sp³-hybridized carbons (Fsp3) is 0.708. The van der Waals surface area contributed by atoms with Gasteiger partial charge in [0.25, 0.3) is 5.91 Å². The predicted octanol–water partition coefficient (Wildman–Crippen LogP) is 2.95. The van der Waals surface area contributed by atoms with Crippen LogP contribution in [-0.2, 0) is 19.6 Å². The van der Waals surface area contributed by atoms with E-state index >= 15 is 0 Å². The number of ether oxygens (including phenoxy) is 2. The number of sulfonamides is 1. The summed E-state index contributed by atoms with van der Waals surface area (Å²) in [5.41, 5.74) is 1.18. The molecule has 7 nitrogen and oxygen atoms in total. The second-order valence-electron chi connectivity index (χ2n) is 9.75. The zero-order valence-electron chi connectivity index (χ0n) is 18.6. The van der Waals surface area contributed by atoms with Gasteiger partial charge in [0, 0.05) is 12.6 Å². The van der Waals surface area contributed by atoms with Gasteiger partial charge in [0.05, 0.1) is 24.0 Å². The second-order valence-corrected chi connectivity index (χ2v) is 11.7. The molecule has 0 aromatic heterocycles. The van der Waals surface area contributed by atoms with Crippen LogP contribution < -0.4 is 9.46 Å². The summed E-state index contributed by atoms with van der Waals surface area (Å²) >= 11 is 0. The first-order valence-corrected chi connectivity index (χ1v) is 13.7. The highest BCUT2D eigenvalue weighted by Crippen LogP contribution is 2.39. The van der Waals surface area contributed by atoms with Crippen LogP contribution >= 0.6 is 0 Å². The number of nitrogens with zero attached hydrogens (tertiary/aromatic N) is 1. The van der Waals surface area contributed by atoms with Crippen molar-refractivity contribution in [1.29, 1.82) is 0 Å². The summed E-state index contributed by atoms with van der Waals surface area (Å²) < 4.78 is 41.0. The van der Waals surface area contributed by atoms with Crippen molar-refractivity contribution in [3.63, 3.8) is 0 Å². The Morgan fingerprint density at radius 2 is 1.75 bits per heavy atom. The topological polar surface area (TPSA) is 84.9 Å². The standard InChI is InChI=1S/C24H34N2O5S/c27-24-16-31-23-9-2-1-7-20(23)17-10-12-18(13-11-17)30-15-22-21(8-4-14-26(22)24)25-32(28,29)19-5-3-6-19/h1-2,7,9,17-19,21-22,25H,3-6,8,10-16H2/t17?,18?,21?,22-/m0/s1. The third-order valence-corrected chi connectivity index (χ3v) is 9.77. The molecule has 1 aromatic rings. The molecule has 1 amide bonds. The average molecular weight is 463 g/mol. The van der Waals surface area contributed by atoms with Crippen LogP contribution in [0.4, 0.5) is 0 Å². The number of piperidine rings is 1. The third-order valence-electron chi connectivity index (χ3n) is 7.79. The van der Waals surface area contributed by atoms with Gasteiger partial charge in [-0.15, -0.1) is 0 Å². The molecule has 1 unspecified atom stereocenters. The number of hydrogen-bond donors (Lipinski definition) is 1. The van der Waals surface area contributed by atoms with Crippen LogP contribution in [0, 0.1) is 0 Å². The van der Waals surface area contributed by atoms with E-state index in [9.17, 15) is 13.2 Å². The number of amides is 1. The lowest BCUT2D eigenvalue weighted by Gasteiger charge is -2.42. The van der Waals surface area contributed by atoms with Crippen LogP contribution in [0.1, 0.15) is 69.3 Å². The smallest absolute Gasteiger partial charge is 0.260 e. The Kier molecular flexibility index (Phi) is 6.45. The molecular formula is C24H34N2O5S. The van der Waals surface area contributed by atoms with Gasteiger partial charge in [0.15, 0.2) is 6.61 Å². The van der Waals surface area contributed by atoms with Crippen LogP contribution in [0.3, 0.4) is 0 Å². The molecule has 2 saturated carbocycles. The van der Waals surface area contributed by atoms with Gasteiger partial charge >= 0.3 is 0 Å². The van der Waals surface area contributed by atoms with E-state index in [0.717, 1.165) is 63.5 Å². The molecule has 1 aromatic carbocycles. The maximum atomic E-state index is 13.2. The zero-order valence-corrected chi connectivity index (χ0v) is 19.4. The minimum atomic E-state index is -3.37. The van der Waals surface area contributed by atoms with Crippen LogP contribution in [0.5, 0.6) is 5.75 Å². The van der Waals surface area contributed by atoms with Crippen molar-refractivity contribution in [3.05, 3.63) is 29.8 Å². The largest absolute Gasteiger partial charge is 0.483 e. The van der Waals surface area contributed by atoms with Crippen LogP contribution in [0.15, 0.2) is 24.3 Å². The molecule has 5 aliphatic rings. The van der Waals surface area contributed by atoms with Crippen LogP contribution in [0.25, 0.3) is 0 Å². The summed E-state index contributed by atoms with van der Waals surface area (Å²) in [4.78, 5) is 15.0. The van der Waals surface area contributed by atoms with Gasteiger partial charge in [0.2, 0.25) is 10.0 Å². The molecule has 176 valence electrons. The quantitative estimate of drug-likeness (QED) is 0.747. The summed E-state index contributed by atoms with van der Waals surface area (Å²) in [5, 5.41) is -0.292. The van der Waals surface area contributed by atoms with Gasteiger partial charge in [-0.1, -0.05) is 24.6 Å². The number of carbonyl (C=O) groups is 1. The van der Waals surface area contributed by atoms with Crippen molar-refractivity contribution in [1.82, 2.24) is 9.62 Å². The number of para-hydroxylation sites is 1. The predicted molar refractivity (Wildman–Crippen MR) is 121 cm³/mol. The zero-order chi connectivity index (χ0) is 22.1. The molecule has 3 heterocycles. The molecule has 2 bridgehead atoms. The van der Waals surface area contributed by atoms with E-state index in [1.807, 2.05) is 18.2 Å². The number of carbonyl (C=O) groups excluding carboxylic acids is 1. The summed E-state index contributed by atoms with van der Waals surface area (Å²) in [6, 6.07) is 7.43. The lowest BCUT2D eigenvalue weighted by Crippen LogP contribution is -2.60. The third kappa shape index (κ3) is 4.54. The Morgan fingerprint density at radius 1 is 0.969 bits per heavy atom. The number of nitrogens with one attached hydrogen (secondary N) is 1. The summed E-state index contributed by atoms with van der Waals surface area (Å²) in [5.74, 6) is 1.11. The molecule has 1 N–H and O–H groups in total. The van der Waals surface area contributed by atoms with Gasteiger partial charge in [-0.05, 0) is 68.9 Å². The Bertz CT molecular complexity index is 924. The van der Waals surface area contributed by atoms with Crippen molar-refractivity contribution in [2.75, 3.05) is 19.8 Å². The number of rotatable bonds is 3. The minimum absolute atomic E-state index is 0.0360. The van der Waals surface area contributed by atoms with Gasteiger partial charge in [-0.25, -0.2) is 13.1 Å². The first-order valence-electron chi connectivity index (χ1n) is 12.2. The molecule has 6 rings (SSSR count). The highest BCUT2D eigenvalue weighted by atomic mass is 32.2. The van der Waals surface area contributed by atoms with Crippen molar-refractivity contribution in [3.8, 4) is 5.75 Å². The molecular weight excluding hydrogens is 428 g/mol. The Hall–Kier alpha value is -1.64. The number of benzene rings is 1. The molecule has 32 heavy (non-hydrogen) atoms. The van der Waals surface area contributed by atoms with Gasteiger partial charge in [0.1, 0.15) is 5.75 Å². The molecule has 8 heteroatoms. The molecule has 3 fully saturated rings. The van der Waals surface area contributed by atoms with E-state index in [-0.39, 0.29) is 36.0 Å². The van der Waals surface area contributed by atoms with E-state index in [1.165, 1.54) is 5.56 Å². The van der Waals surface area contributed by atoms with E-state index < -0.39 is 10.0 Å². The van der Waals surface area contributed by atoms with Gasteiger partial charge in [-0.3, -0.25) is 4.79 Å². The summed E-state index contributed by atoms with van der Waals surface area (Å²) in [7, 11) is -3.37. The van der Waals surface area contributed by atoms with Crippen LogP contribution in [-0.4, -0.2) is 62.4 Å². The number of fused-ring (bicyclic) bond motifs is 5. The monoisotopic (exact) mass is 462 g/mol. The highest BCUT2D eigenvalue weighted by Gasteiger charge is 2.40. The molecule has 3 aliphatic heterocycles. The lowest BCUT2D eigenvalue weighted by atomic mass is 9.82. The first kappa shape index (κ1) is 22.2. The maximum absolute atomic E-state index is 13.2. The SMILES string of the molecule is O=C1COc2ccccc2C2CCC(CC2)OC[C@H]2C(NS(=O)(=O)C3CCC3)CCCN12. The van der Waals surface area contributed by atoms with E-state index in [2.05, 4.69) is 10.8 Å². The molecule has 0 radical (unpaired) electrons. The van der Waals surface area contributed by atoms with Crippen LogP contribution in [0.2, 0.25) is 0 Å². The molecule has 2 atom stereocenters. The Morgan fingerprint density at radius 3 is 2.50 bits per heavy atom. The molecule has 2 aliphatic carbocycles. The lowest BCUT2D eigenvalue weighted by molar-refractivity contribution is -0.140. The summed E-state index contributed by atoms with van der Waals surface area (Å²) in [6.45, 7) is 0.935. The van der Waals surface area contributed by atoms with E-state index in [4.69, 9.17) is 9.47 Å². The summed E-state index contributed by atoms with van der Waals surface area (Å²) in [6.07, 6.45) is 8.07. The highest BCUT2D eigenvalue weighted by molar-refractivity contribution is 7.90. The van der Waals surface area contributed by atoms with Crippen molar-refractivity contribution in [2.24, 2.45) is 0 Å². The fourth-order valence-electron chi connectivity index (χ4n) is 5.65. The first-order chi connectivity index (χ1) is 15.5. The van der Waals surface area contributed by atoms with Gasteiger partial charge in [-0.2, -0.15) is 0 Å². The van der Waals surface area contributed by atoms with Crippen molar-refractivity contribution in [2.45, 2.75) is 87.1 Å². The Labute approximate surface area is 190 Å². The van der Waals surface area contributed by atoms with Gasteiger partial charge < -0.3 is 14.4 Å². The van der Waals surface area contributed by atoms with E-state index in [0.29, 0.717) is 19.1 Å². The molecule has 0 spiro atoms. The maximum Gasteiger partial charge on any atom is 0.260 e. The average Bonchev–Trinajstić information content (AvgIpc) is 2.76. The number of hydrogen-bond acceptors (Lipinski definition) is 5. The fourth-order valence-corrected chi connectivity index (χ4v) is 7.49. The van der Waals surface area contributed by atoms with Crippen molar-refractivity contribution >= 4 is 15.9 Å². The van der Waals surface area contributed by atoms with Crippen molar-refractivity contribution < 1.29 is 22.7 Å². The minimum Gasteiger partial charge on any atom is -0.483 e. The molecule has 1 saturated heterocycles. The normalized spacial score (nSPS) is 31.9. The van der Waals surface area contributed by atoms with E-state index in [1.54, 1.807) is 4.90 Å². The Balaban J connectivity index is 1.39. The second kappa shape index (κ2) is 9.31.